The molecule has 25 heavy (non-hydrogen) atoms. The predicted molar refractivity (Wildman–Crippen MR) is 91.9 cm³/mol. The van der Waals surface area contributed by atoms with Gasteiger partial charge in [-0.1, -0.05) is 30.3 Å². The molecule has 8 nitrogen and oxygen atoms in total. The first-order chi connectivity index (χ1) is 12.0. The fourth-order valence-corrected chi connectivity index (χ4v) is 3.87. The molecule has 4 aromatic rings. The normalized spacial score (nSPS) is 11.8. The van der Waals surface area contributed by atoms with Crippen LogP contribution in [0.2, 0.25) is 0 Å². The molecule has 0 aliphatic heterocycles. The second-order valence-electron chi connectivity index (χ2n) is 5.36. The molecule has 0 atom stereocenters. The zero-order chi connectivity index (χ0) is 17.4. The van der Waals surface area contributed by atoms with E-state index < -0.39 is 10.0 Å². The Hall–Kier alpha value is -3.20. The summed E-state index contributed by atoms with van der Waals surface area (Å²) >= 11 is 0. The lowest BCUT2D eigenvalue weighted by molar-refractivity contribution is 0.580. The van der Waals surface area contributed by atoms with Gasteiger partial charge in [-0.05, 0) is 17.7 Å². The summed E-state index contributed by atoms with van der Waals surface area (Å²) in [5.74, 6) is 0.194. The summed E-state index contributed by atoms with van der Waals surface area (Å²) in [6.45, 7) is 0. The second kappa shape index (κ2) is 5.71. The Labute approximate surface area is 143 Å². The first-order valence-corrected chi connectivity index (χ1v) is 8.97. The molecular weight excluding hydrogens is 342 g/mol. The maximum atomic E-state index is 12.8. The minimum absolute atomic E-state index is 0.0597. The van der Waals surface area contributed by atoms with Gasteiger partial charge in [0.2, 0.25) is 16.0 Å². The number of furan rings is 1. The molecule has 0 aliphatic rings. The van der Waals surface area contributed by atoms with Gasteiger partial charge in [0, 0.05) is 0 Å². The van der Waals surface area contributed by atoms with E-state index >= 15 is 0 Å². The van der Waals surface area contributed by atoms with Crippen LogP contribution in [0.1, 0.15) is 5.56 Å². The number of hydrogen-bond acceptors (Lipinski definition) is 7. The molecule has 0 bridgehead atoms. The van der Waals surface area contributed by atoms with E-state index in [0.29, 0.717) is 22.5 Å². The quantitative estimate of drug-likeness (QED) is 0.595. The number of nitrogen functional groups attached to an aromatic ring is 1. The van der Waals surface area contributed by atoms with E-state index in [4.69, 9.17) is 10.2 Å². The van der Waals surface area contributed by atoms with Gasteiger partial charge < -0.3 is 10.2 Å². The molecule has 9 heteroatoms. The molecule has 0 fully saturated rings. The standard InChI is InChI=1S/C16H13N5O3S/c17-16-19-13(12-7-4-8-24-12)14-15(20-16)21(10-18-14)25(22,23)9-11-5-2-1-3-6-11/h1-8,10H,9H2,(H2,17,19,20). The zero-order valence-electron chi connectivity index (χ0n) is 12.9. The van der Waals surface area contributed by atoms with Crippen molar-refractivity contribution < 1.29 is 12.8 Å². The molecule has 1 aromatic carbocycles. The van der Waals surface area contributed by atoms with Crippen LogP contribution in [0.4, 0.5) is 5.95 Å². The summed E-state index contributed by atoms with van der Waals surface area (Å²) in [5, 5.41) is 0. The van der Waals surface area contributed by atoms with E-state index in [9.17, 15) is 8.42 Å². The van der Waals surface area contributed by atoms with Crippen LogP contribution in [0.3, 0.4) is 0 Å². The molecule has 3 heterocycles. The van der Waals surface area contributed by atoms with Crippen molar-refractivity contribution in [3.63, 3.8) is 0 Å². The molecule has 3 aromatic heterocycles. The first kappa shape index (κ1) is 15.3. The van der Waals surface area contributed by atoms with Crippen molar-refractivity contribution in [1.82, 2.24) is 18.9 Å². The smallest absolute Gasteiger partial charge is 0.245 e. The highest BCUT2D eigenvalue weighted by atomic mass is 32.2. The van der Waals surface area contributed by atoms with Gasteiger partial charge in [0.05, 0.1) is 12.0 Å². The molecule has 0 aliphatic carbocycles. The van der Waals surface area contributed by atoms with E-state index in [0.717, 1.165) is 3.97 Å². The van der Waals surface area contributed by atoms with Crippen LogP contribution >= 0.6 is 0 Å². The average Bonchev–Trinajstić information content (AvgIpc) is 3.24. The minimum atomic E-state index is -3.72. The summed E-state index contributed by atoms with van der Waals surface area (Å²) in [7, 11) is -3.72. The Bertz CT molecular complexity index is 1140. The highest BCUT2D eigenvalue weighted by molar-refractivity contribution is 7.89. The Morgan fingerprint density at radius 2 is 1.88 bits per heavy atom. The third kappa shape index (κ3) is 2.74. The monoisotopic (exact) mass is 355 g/mol. The summed E-state index contributed by atoms with van der Waals surface area (Å²) in [5.41, 5.74) is 7.19. The van der Waals surface area contributed by atoms with Crippen molar-refractivity contribution in [3.05, 3.63) is 60.6 Å². The Morgan fingerprint density at radius 3 is 2.60 bits per heavy atom. The molecule has 0 saturated heterocycles. The lowest BCUT2D eigenvalue weighted by Crippen LogP contribution is -2.15. The SMILES string of the molecule is Nc1nc(-c2ccco2)c2ncn(S(=O)(=O)Cc3ccccc3)c2n1. The summed E-state index contributed by atoms with van der Waals surface area (Å²) in [6, 6.07) is 12.3. The van der Waals surface area contributed by atoms with Crippen molar-refractivity contribution in [2.75, 3.05) is 5.73 Å². The summed E-state index contributed by atoms with van der Waals surface area (Å²) in [6.07, 6.45) is 2.70. The highest BCUT2D eigenvalue weighted by Crippen LogP contribution is 2.27. The fourth-order valence-electron chi connectivity index (χ4n) is 2.54. The number of benzene rings is 1. The third-order valence-corrected chi connectivity index (χ3v) is 5.19. The van der Waals surface area contributed by atoms with Crippen molar-refractivity contribution in [2.24, 2.45) is 0 Å². The molecule has 0 amide bonds. The van der Waals surface area contributed by atoms with Gasteiger partial charge in [-0.25, -0.2) is 22.4 Å². The average molecular weight is 355 g/mol. The molecule has 0 unspecified atom stereocenters. The number of imidazole rings is 1. The van der Waals surface area contributed by atoms with Gasteiger partial charge in [-0.15, -0.1) is 0 Å². The van der Waals surface area contributed by atoms with Gasteiger partial charge >= 0.3 is 0 Å². The Morgan fingerprint density at radius 1 is 1.08 bits per heavy atom. The van der Waals surface area contributed by atoms with Gasteiger partial charge in [-0.2, -0.15) is 4.98 Å². The third-order valence-electron chi connectivity index (χ3n) is 3.63. The first-order valence-electron chi connectivity index (χ1n) is 7.36. The van der Waals surface area contributed by atoms with Crippen LogP contribution in [-0.4, -0.2) is 27.3 Å². The van der Waals surface area contributed by atoms with Gasteiger partial charge in [0.15, 0.2) is 11.4 Å². The molecule has 4 rings (SSSR count). The van der Waals surface area contributed by atoms with Crippen molar-refractivity contribution in [1.29, 1.82) is 0 Å². The number of aromatic nitrogens is 4. The molecule has 0 radical (unpaired) electrons. The van der Waals surface area contributed by atoms with E-state index in [1.54, 1.807) is 36.4 Å². The lowest BCUT2D eigenvalue weighted by atomic mass is 10.2. The van der Waals surface area contributed by atoms with E-state index in [2.05, 4.69) is 15.0 Å². The zero-order valence-corrected chi connectivity index (χ0v) is 13.7. The number of rotatable bonds is 4. The molecule has 0 saturated carbocycles. The Kier molecular flexibility index (Phi) is 3.50. The number of nitrogens with two attached hydrogens (primary N) is 1. The second-order valence-corrected chi connectivity index (χ2v) is 7.21. The number of nitrogens with zero attached hydrogens (tertiary/aromatic N) is 4. The van der Waals surface area contributed by atoms with Crippen molar-refractivity contribution in [3.8, 4) is 11.5 Å². The lowest BCUT2D eigenvalue weighted by Gasteiger charge is -2.07. The number of hydrogen-bond donors (Lipinski definition) is 1. The number of anilines is 1. The van der Waals surface area contributed by atoms with Gasteiger partial charge in [0.1, 0.15) is 17.5 Å². The van der Waals surface area contributed by atoms with E-state index in [-0.39, 0.29) is 17.3 Å². The topological polar surface area (TPSA) is 117 Å². The van der Waals surface area contributed by atoms with Crippen LogP contribution in [0.15, 0.2) is 59.5 Å². The molecular formula is C16H13N5O3S. The summed E-state index contributed by atoms with van der Waals surface area (Å²) in [4.78, 5) is 12.4. The largest absolute Gasteiger partial charge is 0.463 e. The van der Waals surface area contributed by atoms with Gasteiger partial charge in [-0.3, -0.25) is 0 Å². The Balaban J connectivity index is 1.86. The van der Waals surface area contributed by atoms with E-state index in [1.165, 1.54) is 12.6 Å². The number of fused-ring (bicyclic) bond motifs is 1. The molecule has 0 spiro atoms. The fraction of sp³-hybridized carbons (Fsp3) is 0.0625. The molecule has 2 N–H and O–H groups in total. The van der Waals surface area contributed by atoms with Crippen LogP contribution in [0, 0.1) is 0 Å². The van der Waals surface area contributed by atoms with Crippen LogP contribution < -0.4 is 5.73 Å². The maximum absolute atomic E-state index is 12.8. The van der Waals surface area contributed by atoms with Crippen LogP contribution in [0.25, 0.3) is 22.6 Å². The van der Waals surface area contributed by atoms with Crippen LogP contribution in [0.5, 0.6) is 0 Å². The van der Waals surface area contributed by atoms with Crippen molar-refractivity contribution >= 4 is 27.1 Å². The van der Waals surface area contributed by atoms with Crippen molar-refractivity contribution in [2.45, 2.75) is 5.75 Å². The molecule has 126 valence electrons. The predicted octanol–water partition coefficient (Wildman–Crippen LogP) is 2.05. The summed E-state index contributed by atoms with van der Waals surface area (Å²) < 4.78 is 31.9. The van der Waals surface area contributed by atoms with E-state index in [1.807, 2.05) is 6.07 Å². The van der Waals surface area contributed by atoms with Crippen LogP contribution in [-0.2, 0) is 15.8 Å². The minimum Gasteiger partial charge on any atom is -0.463 e. The van der Waals surface area contributed by atoms with Gasteiger partial charge in [0.25, 0.3) is 0 Å². The highest BCUT2D eigenvalue weighted by Gasteiger charge is 2.22. The maximum Gasteiger partial charge on any atom is 0.245 e.